The third-order valence-electron chi connectivity index (χ3n) is 0. The van der Waals surface area contributed by atoms with E-state index in [4.69, 9.17) is 0 Å². The molecular weight excluding hydrogens is 115 g/mol. The Morgan fingerprint density at radius 1 is 0.800 bits per heavy atom. The molecule has 38 valence electrons. The Balaban J connectivity index is -0.00000000167. The molecule has 0 atom stereocenters. The smallest absolute Gasteiger partial charge is 0.147 e. The molecule has 0 aromatic heterocycles. The van der Waals surface area contributed by atoms with Gasteiger partial charge < -0.3 is 5.48 Å². The van der Waals surface area contributed by atoms with Crippen LogP contribution in [0, 0.1) is 0 Å². The van der Waals surface area contributed by atoms with Crippen LogP contribution in [-0.2, 0) is 0 Å². The lowest BCUT2D eigenvalue weighted by atomic mass is 13.0. The number of hydrogen-bond donors (Lipinski definition) is 2. The van der Waals surface area contributed by atoms with Crippen LogP contribution in [0.25, 0.3) is 0 Å². The van der Waals surface area contributed by atoms with E-state index >= 15 is 0 Å². The highest BCUT2D eigenvalue weighted by atomic mass is 35.5. The summed E-state index contributed by atoms with van der Waals surface area (Å²) in [6.45, 7) is 0. The number of nitrogens with two attached hydrogens (primary N) is 2. The van der Waals surface area contributed by atoms with E-state index < -0.39 is 0 Å². The van der Waals surface area contributed by atoms with Gasteiger partial charge in [0.25, 0.3) is 0 Å². The molecule has 0 aromatic carbocycles. The molecule has 3 nitrogen and oxygen atoms in total. The van der Waals surface area contributed by atoms with Crippen LogP contribution in [0.3, 0.4) is 0 Å². The second kappa shape index (κ2) is 252. The van der Waals surface area contributed by atoms with E-state index in [1.54, 1.807) is 0 Å². The summed E-state index contributed by atoms with van der Waals surface area (Å²) in [5.74, 6) is 8.00. The van der Waals surface area contributed by atoms with Crippen LogP contribution in [-0.4, -0.2) is 5.48 Å². The van der Waals surface area contributed by atoms with E-state index in [1.165, 1.54) is 0 Å². The van der Waals surface area contributed by atoms with Crippen molar-refractivity contribution in [3.63, 3.8) is 0 Å². The Hall–Kier alpha value is 0.460. The molecule has 0 fully saturated rings. The largest absolute Gasteiger partial charge is 0.412 e. The van der Waals surface area contributed by atoms with Crippen molar-refractivity contribution in [1.82, 2.24) is 0 Å². The van der Waals surface area contributed by atoms with Gasteiger partial charge in [-0.1, -0.05) is 0 Å². The minimum atomic E-state index is 0. The first kappa shape index (κ1) is 51.0. The van der Waals surface area contributed by atoms with E-state index in [0.29, 0.717) is 0 Å². The van der Waals surface area contributed by atoms with Gasteiger partial charge in [0.2, 0.25) is 0 Å². The Morgan fingerprint density at radius 2 is 0.800 bits per heavy atom. The number of halogens is 2. The second-order valence-electron chi connectivity index (χ2n) is 0. The quantitative estimate of drug-likeness (QED) is 0.314. The highest BCUT2D eigenvalue weighted by Crippen LogP contribution is 0.691. The second-order valence-corrected chi connectivity index (χ2v) is 0. The molecule has 0 rings (SSSR count). The maximum absolute atomic E-state index is 4.00. The number of hydrogen-bond acceptors (Lipinski definition) is 2. The van der Waals surface area contributed by atoms with Gasteiger partial charge in [0.1, 0.15) is 0 Å². The first-order chi connectivity index (χ1) is 1.00. The van der Waals surface area contributed by atoms with E-state index in [-0.39, 0.29) is 30.3 Å². The van der Waals surface area contributed by atoms with Crippen LogP contribution in [0.15, 0.2) is 0 Å². The Kier molecular flexibility index (Phi) is 2570. The van der Waals surface area contributed by atoms with Crippen molar-refractivity contribution in [3.8, 4) is 0 Å². The standard InChI is InChI=1S/2ClH.H4N2.H2O/c;;1-2;/h2*1H;1-2H2;1H2. The van der Waals surface area contributed by atoms with Gasteiger partial charge in [-0.3, -0.25) is 11.7 Å². The molecule has 0 aliphatic heterocycles. The van der Waals surface area contributed by atoms with Crippen LogP contribution in [0.1, 0.15) is 0 Å². The van der Waals surface area contributed by atoms with Crippen LogP contribution in [0.2, 0.25) is 0 Å². The van der Waals surface area contributed by atoms with Crippen LogP contribution in [0.5, 0.6) is 0 Å². The maximum atomic E-state index is 4.00. The first-order valence-corrected chi connectivity index (χ1v) is 0.333. The first-order valence-electron chi connectivity index (χ1n) is 0.333. The monoisotopic (exact) mass is 122 g/mol. The summed E-state index contributed by atoms with van der Waals surface area (Å²) in [6.07, 6.45) is 0. The average Bonchev–Trinajstić information content (AvgIpc) is 1.00. The van der Waals surface area contributed by atoms with E-state index in [9.17, 15) is 0 Å². The summed E-state index contributed by atoms with van der Waals surface area (Å²) < 4.78 is 0. The normalized spacial score (nSPS) is 1.20. The summed E-state index contributed by atoms with van der Waals surface area (Å²) in [5, 5.41) is 0. The SMILES string of the molecule is Cl.Cl.NN.O. The van der Waals surface area contributed by atoms with Crippen molar-refractivity contribution in [2.75, 3.05) is 0 Å². The van der Waals surface area contributed by atoms with Crippen molar-refractivity contribution in [3.05, 3.63) is 0 Å². The van der Waals surface area contributed by atoms with Gasteiger partial charge >= 0.3 is 0 Å². The van der Waals surface area contributed by atoms with Gasteiger partial charge in [0.05, 0.1) is 0 Å². The van der Waals surface area contributed by atoms with Crippen LogP contribution >= 0.6 is 24.8 Å². The molecular formula is H8Cl2N2O. The van der Waals surface area contributed by atoms with Gasteiger partial charge in [-0.15, -0.1) is 24.8 Å². The summed E-state index contributed by atoms with van der Waals surface area (Å²) in [7, 11) is 0. The number of rotatable bonds is 0. The fraction of sp³-hybridized carbons (Fsp3) is 0. The highest BCUT2D eigenvalue weighted by Gasteiger charge is 0.726. The zero-order valence-electron chi connectivity index (χ0n) is 2.47. The average molecular weight is 123 g/mol. The molecule has 0 bridgehead atoms. The van der Waals surface area contributed by atoms with E-state index in [1.807, 2.05) is 0 Å². The van der Waals surface area contributed by atoms with Crippen molar-refractivity contribution in [2.24, 2.45) is 11.7 Å². The molecule has 0 aliphatic carbocycles. The lowest BCUT2D eigenvalue weighted by Gasteiger charge is -1.27. The molecule has 0 aliphatic rings. The summed E-state index contributed by atoms with van der Waals surface area (Å²) in [5.41, 5.74) is 0. The fourth-order valence-electron chi connectivity index (χ4n) is 0. The Bertz CT molecular complexity index is 7.61. The van der Waals surface area contributed by atoms with Crippen molar-refractivity contribution >= 4 is 24.8 Å². The Labute approximate surface area is 42.8 Å². The summed E-state index contributed by atoms with van der Waals surface area (Å²) in [6, 6.07) is 0. The molecule has 0 saturated carbocycles. The molecule has 0 amide bonds. The fourth-order valence-corrected chi connectivity index (χ4v) is 0. The predicted molar refractivity (Wildman–Crippen MR) is 26.5 cm³/mol. The lowest BCUT2D eigenvalue weighted by molar-refractivity contribution is 0.824. The van der Waals surface area contributed by atoms with Gasteiger partial charge in [-0.2, -0.15) is 0 Å². The van der Waals surface area contributed by atoms with Crippen molar-refractivity contribution in [1.29, 1.82) is 0 Å². The third-order valence-corrected chi connectivity index (χ3v) is 0. The zero-order chi connectivity index (χ0) is 2.00. The molecule has 5 heteroatoms. The summed E-state index contributed by atoms with van der Waals surface area (Å²) in [4.78, 5) is 0. The summed E-state index contributed by atoms with van der Waals surface area (Å²) >= 11 is 0. The van der Waals surface area contributed by atoms with E-state index in [0.717, 1.165) is 0 Å². The minimum absolute atomic E-state index is 0. The van der Waals surface area contributed by atoms with Crippen LogP contribution in [0.4, 0.5) is 0 Å². The number of hydrazine groups is 1. The minimum Gasteiger partial charge on any atom is -0.412 e. The maximum Gasteiger partial charge on any atom is -0.147 e. The molecule has 0 spiro atoms. The molecule has 6 N–H and O–H groups in total. The van der Waals surface area contributed by atoms with Gasteiger partial charge in [0.15, 0.2) is 0 Å². The topological polar surface area (TPSA) is 83.5 Å². The van der Waals surface area contributed by atoms with E-state index in [2.05, 4.69) is 11.7 Å². The predicted octanol–water partition coefficient (Wildman–Crippen LogP) is -1.16. The zero-order valence-corrected chi connectivity index (χ0v) is 4.10. The molecule has 5 heavy (non-hydrogen) atoms. The molecule has 0 aromatic rings. The third kappa shape index (κ3) is 128. The lowest BCUT2D eigenvalue weighted by Crippen LogP contribution is -2.02. The van der Waals surface area contributed by atoms with Gasteiger partial charge in [-0.25, -0.2) is 0 Å². The van der Waals surface area contributed by atoms with Crippen molar-refractivity contribution in [2.45, 2.75) is 0 Å². The van der Waals surface area contributed by atoms with Crippen molar-refractivity contribution < 1.29 is 5.48 Å². The van der Waals surface area contributed by atoms with Gasteiger partial charge in [-0.05, 0) is 0 Å². The van der Waals surface area contributed by atoms with Crippen LogP contribution < -0.4 is 11.7 Å². The highest BCUT2D eigenvalue weighted by molar-refractivity contribution is 5.85. The Morgan fingerprint density at radius 3 is 0.800 bits per heavy atom. The molecule has 0 heterocycles. The molecule has 0 saturated heterocycles. The molecule has 0 unspecified atom stereocenters. The molecule has 0 radical (unpaired) electrons. The van der Waals surface area contributed by atoms with Gasteiger partial charge in [0, 0.05) is 0 Å².